The fourth-order valence-corrected chi connectivity index (χ4v) is 13.3. The second-order valence-corrected chi connectivity index (χ2v) is 26.7. The van der Waals surface area contributed by atoms with Gasteiger partial charge in [-0.15, -0.1) is 0 Å². The van der Waals surface area contributed by atoms with Crippen molar-refractivity contribution in [2.75, 3.05) is 34.0 Å². The van der Waals surface area contributed by atoms with Crippen LogP contribution in [0.4, 0.5) is 0 Å². The van der Waals surface area contributed by atoms with Crippen LogP contribution >= 0.6 is 0 Å². The first-order valence-corrected chi connectivity index (χ1v) is 36.9. The fraction of sp³-hybridized carbons (Fsp3) is 0.322. The van der Waals surface area contributed by atoms with Crippen molar-refractivity contribution in [3.05, 3.63) is 336 Å². The quantitative estimate of drug-likeness (QED) is 0.0333. The van der Waals surface area contributed by atoms with Gasteiger partial charge >= 0.3 is 5.97 Å². The molecule has 3 aliphatic heterocycles. The lowest BCUT2D eigenvalue weighted by Crippen LogP contribution is -2.68. The summed E-state index contributed by atoms with van der Waals surface area (Å²) in [7, 11) is 3.22. The van der Waals surface area contributed by atoms with Crippen molar-refractivity contribution in [3.63, 3.8) is 0 Å². The Balaban J connectivity index is 0.952. The van der Waals surface area contributed by atoms with E-state index in [0.717, 1.165) is 44.5 Å². The third-order valence-electron chi connectivity index (χ3n) is 19.0. The maximum Gasteiger partial charge on any atom is 0.302 e. The number of carbonyl (C=O) groups excluding carboxylic acids is 1. The third-order valence-corrected chi connectivity index (χ3v) is 19.0. The first-order valence-electron chi connectivity index (χ1n) is 36.9. The molecule has 3 saturated heterocycles. The highest BCUT2D eigenvalue weighted by atomic mass is 16.8. The van der Waals surface area contributed by atoms with Gasteiger partial charge in [0.2, 0.25) is 0 Å². The Morgan fingerprint density at radius 2 is 0.486 bits per heavy atom. The van der Waals surface area contributed by atoms with Crippen LogP contribution in [0.5, 0.6) is 23.0 Å². The normalized spacial score (nSPS) is 24.0. The molecule has 19 heteroatoms. The molecule has 3 aliphatic rings. The molecule has 568 valence electrons. The summed E-state index contributed by atoms with van der Waals surface area (Å²) in [5, 5.41) is 0. The maximum atomic E-state index is 13.2. The first kappa shape index (κ1) is 77.5. The van der Waals surface area contributed by atoms with Gasteiger partial charge in [-0.05, 0) is 93.0 Å². The standard InChI is InChI=1S/C90H94O19/c1-63(91)94-60-77-80(83(99-54-66-32-16-6-17-33-66)85(101-56-68-36-20-8-21-37-68)88(105-77)104-59-71-42-26-11-27-43-71)108-90-87(103-58-70-40-24-10-25-41-70)84(100-55-67-34-18-7-19-35-67)81(78(107-90)62-96-75-50-46-73(93-3)47-51-75)109-89-86(102-57-69-38-22-9-23-39-69)82(98-53-65-30-14-5-15-31-65)79(97-52-64-28-12-4-13-29-64)76(106-89)61-95-74-48-44-72(92-2)45-49-74/h4-51,76-90H,52-62H2,1-3H3/t76-,77-,78-,79+,80+,81+,82+,83+,84+,85-,86-,87-,88-,89-,90-/m1/s1. The summed E-state index contributed by atoms with van der Waals surface area (Å²) < 4.78 is 126. The summed E-state index contributed by atoms with van der Waals surface area (Å²) in [5.41, 5.74) is 7.03. The van der Waals surface area contributed by atoms with Gasteiger partial charge in [0.05, 0.1) is 67.1 Å². The average Bonchev–Trinajstić information content (AvgIpc) is 0.762. The Morgan fingerprint density at radius 1 is 0.257 bits per heavy atom. The molecule has 0 radical (unpaired) electrons. The first-order chi connectivity index (χ1) is 53.7. The second kappa shape index (κ2) is 40.7. The van der Waals surface area contributed by atoms with E-state index in [2.05, 4.69) is 0 Å². The van der Waals surface area contributed by atoms with Crippen molar-refractivity contribution in [1.82, 2.24) is 0 Å². The number of carbonyl (C=O) groups is 1. The molecule has 19 nitrogen and oxygen atoms in total. The number of esters is 1. The second-order valence-electron chi connectivity index (χ2n) is 26.7. The van der Waals surface area contributed by atoms with Crippen molar-refractivity contribution >= 4 is 5.97 Å². The molecular formula is C90H94O19. The minimum absolute atomic E-state index is 0.0349. The highest BCUT2D eigenvalue weighted by molar-refractivity contribution is 5.65. The SMILES string of the molecule is COc1ccc(OC[C@H]2O[C@H](O[C@@H]3[C@H](OCc4ccccc4)[C@@H](OCc4ccccc4)[C@@H](O[C@@H]4[C@H](OCc5ccccc5)[C@@H](OCc5ccccc5)[C@H](OCc5ccccc5)O[C@@H]4COC(C)=O)O[C@@H]3COc3ccc(OC)cc3)[C@H](OCc3ccccc3)[C@@H](OCc3ccccc3)[C@H]2OCc2ccccc2)cc1. The summed E-state index contributed by atoms with van der Waals surface area (Å²) in [4.78, 5) is 13.2. The van der Waals surface area contributed by atoms with Gasteiger partial charge in [-0.3, -0.25) is 4.79 Å². The Morgan fingerprint density at radius 3 is 0.780 bits per heavy atom. The summed E-state index contributed by atoms with van der Waals surface area (Å²) in [6.07, 6.45) is -16.7. The summed E-state index contributed by atoms with van der Waals surface area (Å²) in [5.74, 6) is 1.78. The number of hydrogen-bond donors (Lipinski definition) is 0. The predicted octanol–water partition coefficient (Wildman–Crippen LogP) is 15.0. The Kier molecular flexibility index (Phi) is 28.9. The van der Waals surface area contributed by atoms with Gasteiger partial charge in [0.15, 0.2) is 18.9 Å². The molecule has 3 heterocycles. The van der Waals surface area contributed by atoms with Gasteiger partial charge in [-0.1, -0.05) is 243 Å². The van der Waals surface area contributed by atoms with Gasteiger partial charge in [0, 0.05) is 6.92 Å². The van der Waals surface area contributed by atoms with Crippen LogP contribution in [-0.4, -0.2) is 132 Å². The molecule has 15 atom stereocenters. The molecule has 10 aromatic rings. The summed E-state index contributed by atoms with van der Waals surface area (Å²) in [6.45, 7) is 1.69. The average molecular weight is 1480 g/mol. The zero-order valence-corrected chi connectivity index (χ0v) is 61.4. The highest BCUT2D eigenvalue weighted by Crippen LogP contribution is 2.41. The topological polar surface area (TPSA) is 183 Å². The molecule has 0 saturated carbocycles. The zero-order chi connectivity index (χ0) is 74.6. The lowest BCUT2D eigenvalue weighted by Gasteiger charge is -2.51. The van der Waals surface area contributed by atoms with Crippen LogP contribution in [0.3, 0.4) is 0 Å². The number of methoxy groups -OCH3 is 2. The van der Waals surface area contributed by atoms with Gasteiger partial charge in [-0.25, -0.2) is 0 Å². The highest BCUT2D eigenvalue weighted by Gasteiger charge is 2.58. The minimum Gasteiger partial charge on any atom is -0.497 e. The van der Waals surface area contributed by atoms with Gasteiger partial charge < -0.3 is 85.3 Å². The Labute approximate surface area is 637 Å². The smallest absolute Gasteiger partial charge is 0.302 e. The van der Waals surface area contributed by atoms with Crippen molar-refractivity contribution in [3.8, 4) is 23.0 Å². The number of rotatable bonds is 38. The van der Waals surface area contributed by atoms with Gasteiger partial charge in [0.25, 0.3) is 0 Å². The molecule has 13 rings (SSSR count). The van der Waals surface area contributed by atoms with E-state index in [4.69, 9.17) is 85.3 Å². The molecule has 0 amide bonds. The van der Waals surface area contributed by atoms with E-state index in [1.807, 2.05) is 291 Å². The number of hydrogen-bond acceptors (Lipinski definition) is 19. The molecule has 10 aromatic carbocycles. The van der Waals surface area contributed by atoms with E-state index < -0.39 is 98.1 Å². The van der Waals surface area contributed by atoms with E-state index in [1.165, 1.54) is 6.92 Å². The molecule has 109 heavy (non-hydrogen) atoms. The van der Waals surface area contributed by atoms with Crippen LogP contribution in [0.1, 0.15) is 51.4 Å². The van der Waals surface area contributed by atoms with E-state index in [-0.39, 0.29) is 72.7 Å². The largest absolute Gasteiger partial charge is 0.497 e. The van der Waals surface area contributed by atoms with Crippen LogP contribution < -0.4 is 18.9 Å². The van der Waals surface area contributed by atoms with Crippen LogP contribution in [0.25, 0.3) is 0 Å². The molecule has 0 aromatic heterocycles. The monoisotopic (exact) mass is 1480 g/mol. The summed E-state index contributed by atoms with van der Waals surface area (Å²) >= 11 is 0. The molecule has 0 unspecified atom stereocenters. The molecular weight excluding hydrogens is 1380 g/mol. The Bertz CT molecular complexity index is 4200. The van der Waals surface area contributed by atoms with Crippen LogP contribution in [0, 0.1) is 0 Å². The summed E-state index contributed by atoms with van der Waals surface area (Å²) in [6, 6.07) is 93.4. The van der Waals surface area contributed by atoms with E-state index >= 15 is 0 Å². The lowest BCUT2D eigenvalue weighted by atomic mass is 9.95. The van der Waals surface area contributed by atoms with Crippen molar-refractivity contribution in [2.24, 2.45) is 0 Å². The fourth-order valence-electron chi connectivity index (χ4n) is 13.3. The number of benzene rings is 10. The maximum absolute atomic E-state index is 13.2. The van der Waals surface area contributed by atoms with Gasteiger partial charge in [-0.2, -0.15) is 0 Å². The van der Waals surface area contributed by atoms with Crippen LogP contribution in [0.2, 0.25) is 0 Å². The van der Waals surface area contributed by atoms with Crippen LogP contribution in [0.15, 0.2) is 291 Å². The molecule has 0 bridgehead atoms. The third kappa shape index (κ3) is 22.5. The van der Waals surface area contributed by atoms with Crippen LogP contribution in [-0.2, 0) is 124 Å². The molecule has 0 spiro atoms. The minimum atomic E-state index is -1.41. The molecule has 3 fully saturated rings. The van der Waals surface area contributed by atoms with E-state index in [9.17, 15) is 4.79 Å². The lowest BCUT2D eigenvalue weighted by molar-refractivity contribution is -0.394. The van der Waals surface area contributed by atoms with E-state index in [0.29, 0.717) is 23.0 Å². The Hall–Kier alpha value is -9.65. The molecule has 0 aliphatic carbocycles. The van der Waals surface area contributed by atoms with E-state index in [1.54, 1.807) is 14.2 Å². The van der Waals surface area contributed by atoms with Crippen molar-refractivity contribution in [1.29, 1.82) is 0 Å². The van der Waals surface area contributed by atoms with Crippen molar-refractivity contribution < 1.29 is 90.1 Å². The zero-order valence-electron chi connectivity index (χ0n) is 61.4. The van der Waals surface area contributed by atoms with Crippen molar-refractivity contribution in [2.45, 2.75) is 152 Å². The van der Waals surface area contributed by atoms with Gasteiger partial charge in [0.1, 0.15) is 116 Å². The predicted molar refractivity (Wildman–Crippen MR) is 406 cm³/mol. The number of ether oxygens (including phenoxy) is 18. The molecule has 0 N–H and O–H groups in total.